The quantitative estimate of drug-likeness (QED) is 0.663. The summed E-state index contributed by atoms with van der Waals surface area (Å²) in [5, 5.41) is 13.7. The summed E-state index contributed by atoms with van der Waals surface area (Å²) in [6.07, 6.45) is 5.66. The predicted molar refractivity (Wildman–Crippen MR) is 82.4 cm³/mol. The molecule has 19 heavy (non-hydrogen) atoms. The van der Waals surface area contributed by atoms with Gasteiger partial charge in [-0.25, -0.2) is 0 Å². The highest BCUT2D eigenvalue weighted by Gasteiger charge is 2.15. The average molecular weight is 263 g/mol. The molecular formula is C17H29NO. The van der Waals surface area contributed by atoms with Crippen LogP contribution in [-0.2, 0) is 6.42 Å². The van der Waals surface area contributed by atoms with Crippen molar-refractivity contribution in [3.63, 3.8) is 0 Å². The minimum atomic E-state index is -0.419. The third-order valence-electron chi connectivity index (χ3n) is 3.70. The van der Waals surface area contributed by atoms with Crippen LogP contribution in [0.2, 0.25) is 0 Å². The zero-order valence-corrected chi connectivity index (χ0v) is 12.7. The molecule has 108 valence electrons. The molecular weight excluding hydrogens is 234 g/mol. The van der Waals surface area contributed by atoms with Gasteiger partial charge in [-0.1, -0.05) is 57.4 Å². The first-order chi connectivity index (χ1) is 9.19. The number of aliphatic hydroxyl groups is 1. The van der Waals surface area contributed by atoms with Gasteiger partial charge in [-0.15, -0.1) is 0 Å². The molecule has 0 fully saturated rings. The number of hydrogen-bond acceptors (Lipinski definition) is 2. The van der Waals surface area contributed by atoms with Crippen molar-refractivity contribution in [1.82, 2.24) is 5.32 Å². The van der Waals surface area contributed by atoms with Crippen LogP contribution in [0.4, 0.5) is 0 Å². The Morgan fingerprint density at radius 2 is 1.74 bits per heavy atom. The fourth-order valence-electron chi connectivity index (χ4n) is 2.23. The molecule has 2 unspecified atom stereocenters. The molecule has 2 nitrogen and oxygen atoms in total. The first kappa shape index (κ1) is 16.2. The number of aryl methyl sites for hydroxylation is 1. The molecule has 0 aliphatic rings. The summed E-state index contributed by atoms with van der Waals surface area (Å²) in [5.41, 5.74) is 2.32. The predicted octanol–water partition coefficient (Wildman–Crippen LogP) is 3.84. The van der Waals surface area contributed by atoms with Gasteiger partial charge in [-0.3, -0.25) is 0 Å². The van der Waals surface area contributed by atoms with E-state index >= 15 is 0 Å². The fraction of sp³-hybridized carbons (Fsp3) is 0.647. The Morgan fingerprint density at radius 3 is 2.32 bits per heavy atom. The van der Waals surface area contributed by atoms with Gasteiger partial charge in [-0.05, 0) is 37.4 Å². The van der Waals surface area contributed by atoms with Gasteiger partial charge in [0.1, 0.15) is 0 Å². The molecule has 1 rings (SSSR count). The van der Waals surface area contributed by atoms with Crippen LogP contribution in [0.15, 0.2) is 24.3 Å². The maximum atomic E-state index is 10.3. The van der Waals surface area contributed by atoms with Crippen LogP contribution in [0.5, 0.6) is 0 Å². The zero-order chi connectivity index (χ0) is 14.1. The minimum Gasteiger partial charge on any atom is -0.387 e. The fourth-order valence-corrected chi connectivity index (χ4v) is 2.23. The lowest BCUT2D eigenvalue weighted by Gasteiger charge is -2.21. The van der Waals surface area contributed by atoms with Gasteiger partial charge in [0.15, 0.2) is 0 Å². The zero-order valence-electron chi connectivity index (χ0n) is 12.7. The molecule has 0 aliphatic heterocycles. The molecule has 0 saturated carbocycles. The van der Waals surface area contributed by atoms with Crippen LogP contribution in [0.3, 0.4) is 0 Å². The van der Waals surface area contributed by atoms with Crippen LogP contribution >= 0.6 is 0 Å². The first-order valence-electron chi connectivity index (χ1n) is 7.69. The highest BCUT2D eigenvalue weighted by molar-refractivity contribution is 5.24. The molecule has 0 saturated heterocycles. The van der Waals surface area contributed by atoms with Gasteiger partial charge in [-0.2, -0.15) is 0 Å². The van der Waals surface area contributed by atoms with E-state index in [1.54, 1.807) is 0 Å². The van der Waals surface area contributed by atoms with E-state index in [0.717, 1.165) is 18.5 Å². The van der Waals surface area contributed by atoms with E-state index in [0.29, 0.717) is 0 Å². The van der Waals surface area contributed by atoms with Crippen LogP contribution in [0, 0.1) is 0 Å². The van der Waals surface area contributed by atoms with E-state index < -0.39 is 6.10 Å². The Kier molecular flexibility index (Phi) is 7.76. The molecule has 0 spiro atoms. The average Bonchev–Trinajstić information content (AvgIpc) is 2.46. The minimum absolute atomic E-state index is 0.106. The van der Waals surface area contributed by atoms with Crippen molar-refractivity contribution in [3.05, 3.63) is 35.4 Å². The van der Waals surface area contributed by atoms with E-state index in [2.05, 4.69) is 38.2 Å². The molecule has 1 aromatic rings. The van der Waals surface area contributed by atoms with E-state index in [1.807, 2.05) is 12.1 Å². The summed E-state index contributed by atoms with van der Waals surface area (Å²) in [6.45, 7) is 7.41. The normalized spacial score (nSPS) is 14.3. The lowest BCUT2D eigenvalue weighted by molar-refractivity contribution is 0.136. The van der Waals surface area contributed by atoms with E-state index in [4.69, 9.17) is 0 Å². The van der Waals surface area contributed by atoms with Crippen molar-refractivity contribution in [1.29, 1.82) is 0 Å². The van der Waals surface area contributed by atoms with E-state index in [1.165, 1.54) is 31.2 Å². The van der Waals surface area contributed by atoms with Gasteiger partial charge in [0.05, 0.1) is 6.10 Å². The van der Waals surface area contributed by atoms with E-state index in [-0.39, 0.29) is 6.04 Å². The van der Waals surface area contributed by atoms with Crippen molar-refractivity contribution in [2.24, 2.45) is 0 Å². The molecule has 2 atom stereocenters. The Balaban J connectivity index is 2.36. The van der Waals surface area contributed by atoms with E-state index in [9.17, 15) is 5.11 Å². The second-order valence-electron chi connectivity index (χ2n) is 5.34. The Labute approximate surface area is 118 Å². The topological polar surface area (TPSA) is 32.3 Å². The second-order valence-corrected chi connectivity index (χ2v) is 5.34. The molecule has 1 aromatic carbocycles. The smallest absolute Gasteiger partial charge is 0.0940 e. The highest BCUT2D eigenvalue weighted by Crippen LogP contribution is 2.17. The maximum absolute atomic E-state index is 10.3. The van der Waals surface area contributed by atoms with Crippen LogP contribution < -0.4 is 5.32 Å². The number of rotatable bonds is 9. The summed E-state index contributed by atoms with van der Waals surface area (Å²) in [7, 11) is 0. The molecule has 0 aliphatic carbocycles. The van der Waals surface area contributed by atoms with Gasteiger partial charge in [0.2, 0.25) is 0 Å². The standard InChI is InChI=1S/C17H29NO/c1-4-6-7-8-13-18-14(3)17(19)16-11-9-15(5-2)10-12-16/h9-12,14,17-19H,4-8,13H2,1-3H3. The molecule has 0 radical (unpaired) electrons. The maximum Gasteiger partial charge on any atom is 0.0940 e. The molecule has 2 heteroatoms. The summed E-state index contributed by atoms with van der Waals surface area (Å²) >= 11 is 0. The molecule has 0 heterocycles. The Morgan fingerprint density at radius 1 is 1.05 bits per heavy atom. The molecule has 0 amide bonds. The first-order valence-corrected chi connectivity index (χ1v) is 7.69. The van der Waals surface area contributed by atoms with Crippen molar-refractivity contribution >= 4 is 0 Å². The van der Waals surface area contributed by atoms with Gasteiger partial charge in [0.25, 0.3) is 0 Å². The van der Waals surface area contributed by atoms with Crippen molar-refractivity contribution in [2.45, 2.75) is 65.0 Å². The number of hydrogen-bond donors (Lipinski definition) is 2. The summed E-state index contributed by atoms with van der Waals surface area (Å²) < 4.78 is 0. The van der Waals surface area contributed by atoms with Crippen molar-refractivity contribution in [3.8, 4) is 0 Å². The monoisotopic (exact) mass is 263 g/mol. The number of unbranched alkanes of at least 4 members (excludes halogenated alkanes) is 3. The summed E-state index contributed by atoms with van der Waals surface area (Å²) in [4.78, 5) is 0. The van der Waals surface area contributed by atoms with Gasteiger partial charge >= 0.3 is 0 Å². The SMILES string of the molecule is CCCCCCNC(C)C(O)c1ccc(CC)cc1. The van der Waals surface area contributed by atoms with Crippen LogP contribution in [0.25, 0.3) is 0 Å². The van der Waals surface area contributed by atoms with Gasteiger partial charge < -0.3 is 10.4 Å². The third kappa shape index (κ3) is 5.75. The van der Waals surface area contributed by atoms with Crippen LogP contribution in [-0.4, -0.2) is 17.7 Å². The number of aliphatic hydroxyl groups excluding tert-OH is 1. The summed E-state index contributed by atoms with van der Waals surface area (Å²) in [6, 6.07) is 8.39. The van der Waals surface area contributed by atoms with Crippen LogP contribution in [0.1, 0.15) is 63.7 Å². The molecule has 2 N–H and O–H groups in total. The lowest BCUT2D eigenvalue weighted by Crippen LogP contribution is -2.32. The Bertz CT molecular complexity index is 334. The third-order valence-corrected chi connectivity index (χ3v) is 3.70. The van der Waals surface area contributed by atoms with Crippen molar-refractivity contribution in [2.75, 3.05) is 6.54 Å². The second kappa shape index (κ2) is 9.11. The largest absolute Gasteiger partial charge is 0.387 e. The number of benzene rings is 1. The lowest BCUT2D eigenvalue weighted by atomic mass is 10.0. The Hall–Kier alpha value is -0.860. The van der Waals surface area contributed by atoms with Gasteiger partial charge in [0, 0.05) is 6.04 Å². The van der Waals surface area contributed by atoms with Crippen molar-refractivity contribution < 1.29 is 5.11 Å². The highest BCUT2D eigenvalue weighted by atomic mass is 16.3. The number of nitrogens with one attached hydrogen (secondary N) is 1. The molecule has 0 bridgehead atoms. The molecule has 0 aromatic heterocycles. The summed E-state index contributed by atoms with van der Waals surface area (Å²) in [5.74, 6) is 0.